The van der Waals surface area contributed by atoms with E-state index in [1.807, 2.05) is 30.3 Å². The van der Waals surface area contributed by atoms with Crippen molar-refractivity contribution in [3.63, 3.8) is 0 Å². The summed E-state index contributed by atoms with van der Waals surface area (Å²) in [5.41, 5.74) is 0.991. The van der Waals surface area contributed by atoms with Gasteiger partial charge in [-0.15, -0.1) is 0 Å². The Morgan fingerprint density at radius 1 is 0.731 bits per heavy atom. The predicted octanol–water partition coefficient (Wildman–Crippen LogP) is 2.01. The summed E-state index contributed by atoms with van der Waals surface area (Å²) in [6, 6.07) is 23.5. The smallest absolute Gasteiger partial charge is 0.407 e. The molecule has 0 aliphatic carbocycles. The number of nitrogens with zero attached hydrogens (tertiary/aromatic N) is 1. The number of hydrogen-bond acceptors (Lipinski definition) is 9. The molecule has 0 spiro atoms. The number of carbonyl (C=O) groups excluding carboxylic acids is 6. The molecule has 4 N–H and O–H groups in total. The Hall–Kier alpha value is -5.76. The molecule has 52 heavy (non-hydrogen) atoms. The Kier molecular flexibility index (Phi) is 13.9. The lowest BCUT2D eigenvalue weighted by molar-refractivity contribution is -0.149. The van der Waals surface area contributed by atoms with Gasteiger partial charge in [0.25, 0.3) is 0 Å². The molecule has 0 unspecified atom stereocenters. The normalized spacial score (nSPS) is 17.2. The van der Waals surface area contributed by atoms with E-state index in [1.54, 1.807) is 81.4 Å². The van der Waals surface area contributed by atoms with Gasteiger partial charge in [-0.2, -0.15) is 0 Å². The average molecular weight is 716 g/mol. The zero-order valence-corrected chi connectivity index (χ0v) is 29.6. The van der Waals surface area contributed by atoms with Crippen molar-refractivity contribution in [1.29, 1.82) is 0 Å². The van der Waals surface area contributed by atoms with Crippen LogP contribution in [-0.4, -0.2) is 90.7 Å². The number of methoxy groups -OCH3 is 1. The molecule has 4 atom stereocenters. The molecular formula is C38H45N5O9. The maximum Gasteiger partial charge on any atom is 0.407 e. The van der Waals surface area contributed by atoms with Crippen LogP contribution >= 0.6 is 0 Å². The van der Waals surface area contributed by atoms with Crippen molar-refractivity contribution in [3.8, 4) is 0 Å². The van der Waals surface area contributed by atoms with Crippen molar-refractivity contribution in [2.75, 3.05) is 20.2 Å². The van der Waals surface area contributed by atoms with E-state index >= 15 is 0 Å². The first kappa shape index (κ1) is 39.0. The van der Waals surface area contributed by atoms with Gasteiger partial charge in [-0.25, -0.2) is 4.79 Å². The zero-order valence-electron chi connectivity index (χ0n) is 29.6. The molecule has 1 aliphatic heterocycles. The molecule has 4 rings (SSSR count). The summed E-state index contributed by atoms with van der Waals surface area (Å²) in [6.45, 7) is 4.00. The Labute approximate surface area is 302 Å². The van der Waals surface area contributed by atoms with Crippen LogP contribution in [0.5, 0.6) is 0 Å². The lowest BCUT2D eigenvalue weighted by Crippen LogP contribution is -2.60. The van der Waals surface area contributed by atoms with Gasteiger partial charge in [0, 0.05) is 12.8 Å². The van der Waals surface area contributed by atoms with Gasteiger partial charge in [0.15, 0.2) is 0 Å². The minimum atomic E-state index is -1.25. The first-order valence-electron chi connectivity index (χ1n) is 16.9. The van der Waals surface area contributed by atoms with Crippen molar-refractivity contribution < 1.29 is 43.0 Å². The van der Waals surface area contributed by atoms with Crippen LogP contribution in [0.3, 0.4) is 0 Å². The van der Waals surface area contributed by atoms with Gasteiger partial charge in [-0.1, -0.05) is 91.0 Å². The summed E-state index contributed by atoms with van der Waals surface area (Å²) in [4.78, 5) is 80.3. The maximum absolute atomic E-state index is 14.1. The van der Waals surface area contributed by atoms with E-state index in [2.05, 4.69) is 26.0 Å². The fourth-order valence-electron chi connectivity index (χ4n) is 5.92. The van der Waals surface area contributed by atoms with Gasteiger partial charge in [0.05, 0.1) is 13.2 Å². The fraction of sp³-hybridized carbons (Fsp3) is 0.368. The first-order chi connectivity index (χ1) is 24.9. The molecule has 3 aromatic rings. The van der Waals surface area contributed by atoms with Crippen LogP contribution in [0.4, 0.5) is 4.79 Å². The van der Waals surface area contributed by atoms with Crippen LogP contribution in [0, 0.1) is 0 Å². The zero-order chi connectivity index (χ0) is 37.7. The van der Waals surface area contributed by atoms with Crippen molar-refractivity contribution in [3.05, 3.63) is 108 Å². The molecule has 3 aromatic carbocycles. The number of amides is 5. The molecule has 0 aromatic heterocycles. The molecule has 1 saturated heterocycles. The van der Waals surface area contributed by atoms with Crippen LogP contribution in [0.25, 0.3) is 0 Å². The van der Waals surface area contributed by atoms with Crippen molar-refractivity contribution in [2.45, 2.75) is 70.2 Å². The number of carbonyl (C=O) groups is 6. The summed E-state index contributed by atoms with van der Waals surface area (Å²) >= 11 is 0. The van der Waals surface area contributed by atoms with E-state index in [4.69, 9.17) is 9.47 Å². The second kappa shape index (κ2) is 18.5. The third-order valence-corrected chi connectivity index (χ3v) is 8.38. The highest BCUT2D eigenvalue weighted by molar-refractivity contribution is 5.96. The molecule has 14 heteroatoms. The number of benzene rings is 3. The third-order valence-electron chi connectivity index (χ3n) is 8.38. The standard InChI is InChI=1S/C38H45N5O9/c1-25-33(43(38(2,3)52-25)31(44)22-40-37(49)51-24-28-18-12-7-13-19-28)36(48)42-30(21-27-16-10-6-11-17-27)35(47)41-29(20-26-14-8-5-9-15-26)34(46)39-23-32(45)50-4/h5-19,25,29-30,33H,20-24H2,1-4H3,(H,39,46)(H,40,49)(H,41,47)(H,42,48)/t25-,29+,30+,33+/m1/s1. The lowest BCUT2D eigenvalue weighted by Gasteiger charge is -2.34. The molecule has 1 heterocycles. The van der Waals surface area contributed by atoms with Crippen LogP contribution in [-0.2, 0) is 57.6 Å². The highest BCUT2D eigenvalue weighted by Gasteiger charge is 2.51. The molecule has 1 aliphatic rings. The Morgan fingerprint density at radius 3 is 1.79 bits per heavy atom. The predicted molar refractivity (Wildman–Crippen MR) is 189 cm³/mol. The van der Waals surface area contributed by atoms with Gasteiger partial charge in [-0.05, 0) is 37.5 Å². The van der Waals surface area contributed by atoms with Crippen LogP contribution < -0.4 is 21.3 Å². The minimum Gasteiger partial charge on any atom is -0.468 e. The largest absolute Gasteiger partial charge is 0.468 e. The SMILES string of the molecule is COC(=O)CNC(=O)[C@H](Cc1ccccc1)NC(=O)[C@H](Cc1ccccc1)NC(=O)[C@@H]1[C@@H](C)OC(C)(C)N1C(=O)CNC(=O)OCc1ccccc1. The topological polar surface area (TPSA) is 181 Å². The second-order valence-corrected chi connectivity index (χ2v) is 12.7. The highest BCUT2D eigenvalue weighted by atomic mass is 16.6. The van der Waals surface area contributed by atoms with E-state index < -0.39 is 78.7 Å². The van der Waals surface area contributed by atoms with Gasteiger partial charge in [-0.3, -0.25) is 28.9 Å². The molecule has 5 amide bonds. The van der Waals surface area contributed by atoms with Gasteiger partial charge >= 0.3 is 12.1 Å². The molecule has 1 fully saturated rings. The fourth-order valence-corrected chi connectivity index (χ4v) is 5.92. The Bertz CT molecular complexity index is 1690. The molecule has 0 bridgehead atoms. The third kappa shape index (κ3) is 11.1. The number of esters is 1. The van der Waals surface area contributed by atoms with Gasteiger partial charge in [0.2, 0.25) is 23.6 Å². The molecule has 0 saturated carbocycles. The van der Waals surface area contributed by atoms with E-state index in [-0.39, 0.29) is 19.4 Å². The van der Waals surface area contributed by atoms with Crippen LogP contribution in [0.15, 0.2) is 91.0 Å². The molecule has 0 radical (unpaired) electrons. The Morgan fingerprint density at radius 2 is 1.25 bits per heavy atom. The monoisotopic (exact) mass is 715 g/mol. The highest BCUT2D eigenvalue weighted by Crippen LogP contribution is 2.32. The molecular weight excluding hydrogens is 670 g/mol. The van der Waals surface area contributed by atoms with E-state index in [0.717, 1.165) is 16.7 Å². The first-order valence-corrected chi connectivity index (χ1v) is 16.9. The van der Waals surface area contributed by atoms with E-state index in [0.29, 0.717) is 0 Å². The number of rotatable bonds is 15. The Balaban J connectivity index is 1.51. The minimum absolute atomic E-state index is 0.00522. The number of nitrogens with one attached hydrogen (secondary N) is 4. The number of hydrogen-bond donors (Lipinski definition) is 4. The number of ether oxygens (including phenoxy) is 3. The summed E-state index contributed by atoms with van der Waals surface area (Å²) < 4.78 is 15.9. The van der Waals surface area contributed by atoms with Gasteiger partial charge < -0.3 is 35.5 Å². The molecule has 276 valence electrons. The van der Waals surface area contributed by atoms with Crippen molar-refractivity contribution in [2.24, 2.45) is 0 Å². The quantitative estimate of drug-likeness (QED) is 0.171. The van der Waals surface area contributed by atoms with Crippen molar-refractivity contribution >= 4 is 35.7 Å². The summed E-state index contributed by atoms with van der Waals surface area (Å²) in [5.74, 6) is -3.25. The second-order valence-electron chi connectivity index (χ2n) is 12.7. The van der Waals surface area contributed by atoms with E-state index in [1.165, 1.54) is 12.0 Å². The average Bonchev–Trinajstić information content (AvgIpc) is 3.39. The maximum atomic E-state index is 14.1. The van der Waals surface area contributed by atoms with Gasteiger partial charge in [0.1, 0.15) is 43.5 Å². The number of alkyl carbamates (subject to hydrolysis) is 1. The van der Waals surface area contributed by atoms with E-state index in [9.17, 15) is 28.8 Å². The molecule has 14 nitrogen and oxygen atoms in total. The van der Waals surface area contributed by atoms with Crippen LogP contribution in [0.1, 0.15) is 37.5 Å². The lowest BCUT2D eigenvalue weighted by atomic mass is 10.0. The summed E-state index contributed by atoms with van der Waals surface area (Å²) in [5, 5.41) is 10.5. The van der Waals surface area contributed by atoms with Crippen LogP contribution in [0.2, 0.25) is 0 Å². The summed E-state index contributed by atoms with van der Waals surface area (Å²) in [7, 11) is 1.19. The van der Waals surface area contributed by atoms with Crippen molar-refractivity contribution in [1.82, 2.24) is 26.2 Å². The summed E-state index contributed by atoms with van der Waals surface area (Å²) in [6.07, 6.45) is -1.46.